The van der Waals surface area contributed by atoms with Crippen LogP contribution in [0, 0.1) is 35.0 Å². The molecule has 0 radical (unpaired) electrons. The van der Waals surface area contributed by atoms with E-state index in [0.29, 0.717) is 12.3 Å². The van der Waals surface area contributed by atoms with Crippen molar-refractivity contribution in [3.8, 4) is 6.07 Å². The molecule has 1 amide bonds. The van der Waals surface area contributed by atoms with E-state index >= 15 is 0 Å². The molecule has 1 aromatic heterocycles. The normalized spacial score (nSPS) is 22.3. The van der Waals surface area contributed by atoms with Crippen LogP contribution in [0.5, 0.6) is 0 Å². The second-order valence-corrected chi connectivity index (χ2v) is 13.0. The van der Waals surface area contributed by atoms with Crippen molar-refractivity contribution in [2.24, 2.45) is 23.7 Å². The molecule has 11 nitrogen and oxygen atoms in total. The van der Waals surface area contributed by atoms with Gasteiger partial charge in [0, 0.05) is 13.1 Å². The Bertz CT molecular complexity index is 1100. The molecule has 12 heteroatoms. The zero-order valence-corrected chi connectivity index (χ0v) is 25.9. The number of aliphatic hydroxyl groups is 2. The summed E-state index contributed by atoms with van der Waals surface area (Å²) in [6, 6.07) is 3.58. The molecule has 41 heavy (non-hydrogen) atoms. The number of hydrogen-bond acceptors (Lipinski definition) is 9. The number of aromatic nitrogens is 2. The summed E-state index contributed by atoms with van der Waals surface area (Å²) in [5.74, 6) is 1.07. The van der Waals surface area contributed by atoms with Crippen LogP contribution in [0.25, 0.3) is 0 Å². The molecule has 2 heterocycles. The predicted molar refractivity (Wildman–Crippen MR) is 157 cm³/mol. The van der Waals surface area contributed by atoms with Crippen LogP contribution >= 0.6 is 8.00 Å². The average molecular weight is 595 g/mol. The fraction of sp³-hybridized carbons (Fsp3) is 0.759. The van der Waals surface area contributed by atoms with Gasteiger partial charge in [-0.2, -0.15) is 14.8 Å². The van der Waals surface area contributed by atoms with Crippen molar-refractivity contribution < 1.29 is 29.2 Å². The van der Waals surface area contributed by atoms with E-state index in [4.69, 9.17) is 9.26 Å². The number of rotatable bonds is 17. The molecule has 0 spiro atoms. The molecular formula is C29H47N4O7P. The van der Waals surface area contributed by atoms with E-state index in [0.717, 1.165) is 35.7 Å². The van der Waals surface area contributed by atoms with Gasteiger partial charge >= 0.3 is 5.69 Å². The molecule has 3 N–H and O–H groups in total. The van der Waals surface area contributed by atoms with E-state index in [1.54, 1.807) is 0 Å². The van der Waals surface area contributed by atoms with Crippen LogP contribution < -0.4 is 15.9 Å². The second-order valence-electron chi connectivity index (χ2n) is 11.7. The van der Waals surface area contributed by atoms with Crippen molar-refractivity contribution in [3.05, 3.63) is 22.7 Å². The maximum absolute atomic E-state index is 13.2. The number of ether oxygens (including phenoxy) is 1. The van der Waals surface area contributed by atoms with E-state index in [1.165, 1.54) is 44.9 Å². The lowest BCUT2D eigenvalue weighted by atomic mass is 9.91. The van der Waals surface area contributed by atoms with Crippen molar-refractivity contribution in [1.82, 2.24) is 9.55 Å². The summed E-state index contributed by atoms with van der Waals surface area (Å²) in [7, 11) is -2.67. The Morgan fingerprint density at radius 1 is 1.20 bits per heavy atom. The minimum atomic E-state index is -2.67. The van der Waals surface area contributed by atoms with Crippen molar-refractivity contribution >= 4 is 25.0 Å². The Kier molecular flexibility index (Phi) is 15.1. The SMILES string of the molecule is CC(=O)Nc1ccn([C@@H]2O[C@H](CO)[C@@H](O)C2=[P+]([O-])OCC(C#N)CCC(C)CCCC(C)CCCC(C)C)c(=O)n1. The molecule has 230 valence electrons. The molecule has 2 rings (SSSR count). The van der Waals surface area contributed by atoms with Crippen molar-refractivity contribution in [2.45, 2.75) is 104 Å². The quantitative estimate of drug-likeness (QED) is 0.228. The largest absolute Gasteiger partial charge is 0.603 e. The van der Waals surface area contributed by atoms with Crippen LogP contribution in [0.1, 0.15) is 92.2 Å². The highest BCUT2D eigenvalue weighted by molar-refractivity contribution is 7.47. The van der Waals surface area contributed by atoms with Gasteiger partial charge in [-0.25, -0.2) is 4.79 Å². The summed E-state index contributed by atoms with van der Waals surface area (Å²) in [4.78, 5) is 40.8. The third kappa shape index (κ3) is 11.5. The fourth-order valence-electron chi connectivity index (χ4n) is 4.92. The number of anilines is 1. The molecule has 1 aliphatic heterocycles. The zero-order valence-electron chi connectivity index (χ0n) is 25.0. The monoisotopic (exact) mass is 594 g/mol. The third-order valence-corrected chi connectivity index (χ3v) is 8.74. The minimum absolute atomic E-state index is 0.0282. The molecule has 7 atom stereocenters. The van der Waals surface area contributed by atoms with Crippen LogP contribution in [0.3, 0.4) is 0 Å². The number of nitrogens with zero attached hydrogens (tertiary/aromatic N) is 3. The first-order valence-electron chi connectivity index (χ1n) is 14.6. The summed E-state index contributed by atoms with van der Waals surface area (Å²) in [5, 5.41) is 32.2. The Balaban J connectivity index is 1.95. The van der Waals surface area contributed by atoms with Gasteiger partial charge in [0.1, 0.15) is 24.6 Å². The smallest absolute Gasteiger partial charge is 0.352 e. The molecule has 0 bridgehead atoms. The summed E-state index contributed by atoms with van der Waals surface area (Å²) in [6.45, 7) is 9.62. The van der Waals surface area contributed by atoms with Gasteiger partial charge in [0.2, 0.25) is 25.4 Å². The lowest BCUT2D eigenvalue weighted by Gasteiger charge is -2.16. The third-order valence-electron chi connectivity index (χ3n) is 7.45. The summed E-state index contributed by atoms with van der Waals surface area (Å²) in [6.07, 6.45) is 6.14. The number of hydrogen-bond donors (Lipinski definition) is 3. The first-order valence-corrected chi connectivity index (χ1v) is 15.8. The van der Waals surface area contributed by atoms with Crippen molar-refractivity contribution in [1.29, 1.82) is 5.26 Å². The maximum atomic E-state index is 13.2. The van der Waals surface area contributed by atoms with Gasteiger partial charge in [0.25, 0.3) is 0 Å². The number of carbonyl (C=O) groups excluding carboxylic acids is 1. The average Bonchev–Trinajstić information content (AvgIpc) is 3.23. The number of amides is 1. The number of carbonyl (C=O) groups is 1. The van der Waals surface area contributed by atoms with Crippen LogP contribution in [0.15, 0.2) is 17.1 Å². The Hall–Kier alpha value is -2.19. The molecular weight excluding hydrogens is 547 g/mol. The highest BCUT2D eigenvalue weighted by Gasteiger charge is 2.47. The lowest BCUT2D eigenvalue weighted by molar-refractivity contribution is -0.173. The number of aliphatic hydroxyl groups excluding tert-OH is 2. The van der Waals surface area contributed by atoms with Crippen LogP contribution in [-0.4, -0.2) is 56.4 Å². The second kappa shape index (κ2) is 17.7. The van der Waals surface area contributed by atoms with Gasteiger partial charge in [0.05, 0.1) is 18.6 Å². The molecule has 0 aromatic carbocycles. The highest BCUT2D eigenvalue weighted by Crippen LogP contribution is 2.35. The zero-order chi connectivity index (χ0) is 30.5. The Morgan fingerprint density at radius 3 is 2.39 bits per heavy atom. The van der Waals surface area contributed by atoms with Gasteiger partial charge in [0.15, 0.2) is 0 Å². The molecule has 0 aliphatic carbocycles. The Labute approximate surface area is 244 Å². The molecule has 1 saturated heterocycles. The molecule has 1 aromatic rings. The minimum Gasteiger partial charge on any atom is -0.603 e. The Morgan fingerprint density at radius 2 is 1.83 bits per heavy atom. The van der Waals surface area contributed by atoms with Crippen molar-refractivity contribution in [3.63, 3.8) is 0 Å². The van der Waals surface area contributed by atoms with E-state index in [9.17, 15) is 30.0 Å². The predicted octanol–water partition coefficient (Wildman–Crippen LogP) is 3.50. The van der Waals surface area contributed by atoms with Crippen LogP contribution in [0.2, 0.25) is 0 Å². The highest BCUT2D eigenvalue weighted by atomic mass is 31.1. The van der Waals surface area contributed by atoms with Gasteiger partial charge in [-0.15, -0.1) is 0 Å². The van der Waals surface area contributed by atoms with E-state index < -0.39 is 50.6 Å². The van der Waals surface area contributed by atoms with E-state index in [2.05, 4.69) is 44.1 Å². The fourth-order valence-corrected chi connectivity index (χ4v) is 6.13. The van der Waals surface area contributed by atoms with Gasteiger partial charge in [-0.1, -0.05) is 66.2 Å². The van der Waals surface area contributed by atoms with Gasteiger partial charge < -0.3 is 25.2 Å². The first kappa shape index (κ1) is 35.0. The van der Waals surface area contributed by atoms with Gasteiger partial charge in [-0.05, 0) is 36.7 Å². The molecule has 4 unspecified atom stereocenters. The summed E-state index contributed by atoms with van der Waals surface area (Å²) >= 11 is 0. The molecule has 1 fully saturated rings. The van der Waals surface area contributed by atoms with Crippen LogP contribution in [-0.2, 0) is 14.1 Å². The van der Waals surface area contributed by atoms with Crippen LogP contribution in [0.4, 0.5) is 5.82 Å². The number of nitrogens with one attached hydrogen (secondary N) is 1. The summed E-state index contributed by atoms with van der Waals surface area (Å²) < 4.78 is 12.2. The van der Waals surface area contributed by atoms with E-state index in [-0.39, 0.29) is 17.7 Å². The first-order chi connectivity index (χ1) is 19.5. The molecule has 0 saturated carbocycles. The van der Waals surface area contributed by atoms with E-state index in [1.807, 2.05) is 0 Å². The lowest BCUT2D eigenvalue weighted by Crippen LogP contribution is -2.33. The van der Waals surface area contributed by atoms with Gasteiger partial charge in [-0.3, -0.25) is 9.36 Å². The van der Waals surface area contributed by atoms with Crippen molar-refractivity contribution in [2.75, 3.05) is 18.5 Å². The number of nitriles is 1. The summed E-state index contributed by atoms with van der Waals surface area (Å²) in [5.41, 5.74) is -0.818. The molecule has 1 aliphatic rings. The topological polar surface area (TPSA) is 170 Å². The maximum Gasteiger partial charge on any atom is 0.352 e. The standard InChI is InChI=1S/C29H47N4O7P/c1-19(2)8-6-9-20(3)10-7-11-21(4)12-13-23(16-30)18-39-41(38)27-26(36)24(17-34)40-28(27)33-15-14-25(31-22(5)35)32-29(33)37/h14-15,19-21,23-24,26,28,34,36H,6-13,17-18H2,1-5H3,(H,31,32,35,37)/t20?,21?,23?,24-,26-,28-/m1/s1.